The molecule has 0 aliphatic rings. The molecule has 0 bridgehead atoms. The molecule has 0 unspecified atom stereocenters. The first-order valence-electron chi connectivity index (χ1n) is 2.39. The summed E-state index contributed by atoms with van der Waals surface area (Å²) < 4.78 is 4.60. The average molecular weight is 157 g/mol. The van der Waals surface area contributed by atoms with Crippen LogP contribution in [0.15, 0.2) is 6.20 Å². The molecule has 2 heterocycles. The van der Waals surface area contributed by atoms with E-state index in [1.807, 2.05) is 0 Å². The Bertz CT molecular complexity index is 336. The van der Waals surface area contributed by atoms with Crippen LogP contribution in [0, 0.1) is 4.77 Å². The Kier molecular flexibility index (Phi) is 0.940. The summed E-state index contributed by atoms with van der Waals surface area (Å²) in [6.45, 7) is 0. The van der Waals surface area contributed by atoms with Gasteiger partial charge < -0.3 is 9.97 Å². The highest BCUT2D eigenvalue weighted by Gasteiger charge is 1.94. The topological polar surface area (TPSA) is 44.5 Å². The number of H-pyrrole nitrogens is 2. The van der Waals surface area contributed by atoms with Crippen molar-refractivity contribution in [2.75, 3.05) is 0 Å². The minimum Gasteiger partial charge on any atom is -0.329 e. The third-order valence-corrected chi connectivity index (χ3v) is 1.97. The summed E-state index contributed by atoms with van der Waals surface area (Å²) in [6.07, 6.45) is 1.76. The summed E-state index contributed by atoms with van der Waals surface area (Å²) in [7, 11) is 0. The van der Waals surface area contributed by atoms with Crippen molar-refractivity contribution in [3.05, 3.63) is 11.0 Å². The third-order valence-electron chi connectivity index (χ3n) is 1.05. The lowest BCUT2D eigenvalue weighted by atomic mass is 10.7. The van der Waals surface area contributed by atoms with Crippen molar-refractivity contribution in [1.29, 1.82) is 0 Å². The molecule has 0 saturated heterocycles. The van der Waals surface area contributed by atoms with Crippen LogP contribution in [-0.2, 0) is 0 Å². The molecule has 5 heteroatoms. The molecule has 46 valence electrons. The van der Waals surface area contributed by atoms with E-state index >= 15 is 0 Å². The normalized spacial score (nSPS) is 10.7. The maximum absolute atomic E-state index is 4.83. The van der Waals surface area contributed by atoms with E-state index in [4.69, 9.17) is 12.2 Å². The van der Waals surface area contributed by atoms with Gasteiger partial charge in [0.1, 0.15) is 4.83 Å². The fourth-order valence-corrected chi connectivity index (χ4v) is 1.57. The van der Waals surface area contributed by atoms with Crippen LogP contribution >= 0.6 is 23.8 Å². The number of nitrogens with one attached hydrogen (secondary N) is 2. The number of nitrogens with zero attached hydrogens (tertiary/aromatic N) is 1. The van der Waals surface area contributed by atoms with E-state index in [1.54, 1.807) is 6.20 Å². The lowest BCUT2D eigenvalue weighted by Crippen LogP contribution is -1.59. The molecule has 3 nitrogen and oxygen atoms in total. The Morgan fingerprint density at radius 3 is 3.22 bits per heavy atom. The van der Waals surface area contributed by atoms with Crippen LogP contribution in [0.5, 0.6) is 0 Å². The summed E-state index contributed by atoms with van der Waals surface area (Å²) in [5, 5.41) is 0. The number of rotatable bonds is 0. The van der Waals surface area contributed by atoms with E-state index in [2.05, 4.69) is 14.3 Å². The van der Waals surface area contributed by atoms with Gasteiger partial charge in [0.15, 0.2) is 4.77 Å². The van der Waals surface area contributed by atoms with E-state index in [0.29, 0.717) is 4.77 Å². The van der Waals surface area contributed by atoms with Crippen molar-refractivity contribution in [2.24, 2.45) is 0 Å². The second kappa shape index (κ2) is 1.65. The number of hydrogen-bond donors (Lipinski definition) is 2. The van der Waals surface area contributed by atoms with Crippen LogP contribution in [0.4, 0.5) is 0 Å². The van der Waals surface area contributed by atoms with Crippen LogP contribution in [0.25, 0.3) is 10.3 Å². The van der Waals surface area contributed by atoms with Crippen molar-refractivity contribution >= 4 is 34.1 Å². The standard InChI is InChI=1S/C4H3N3S2/c8-4-6-2-1-5-9-3(2)7-4/h1H,(H2,6,7,8). The van der Waals surface area contributed by atoms with Gasteiger partial charge >= 0.3 is 0 Å². The van der Waals surface area contributed by atoms with Crippen LogP contribution in [0.1, 0.15) is 0 Å². The molecular weight excluding hydrogens is 154 g/mol. The molecule has 0 radical (unpaired) electrons. The molecule has 9 heavy (non-hydrogen) atoms. The molecule has 0 atom stereocenters. The Morgan fingerprint density at radius 2 is 2.44 bits per heavy atom. The largest absolute Gasteiger partial charge is 0.329 e. The van der Waals surface area contributed by atoms with Gasteiger partial charge in [0.25, 0.3) is 0 Å². The van der Waals surface area contributed by atoms with Crippen molar-refractivity contribution in [3.63, 3.8) is 0 Å². The number of hydrogen-bond acceptors (Lipinski definition) is 3. The van der Waals surface area contributed by atoms with Crippen molar-refractivity contribution in [2.45, 2.75) is 0 Å². The summed E-state index contributed by atoms with van der Waals surface area (Å²) in [5.41, 5.74) is 0.991. The second-order valence-corrected chi connectivity index (χ2v) is 2.86. The van der Waals surface area contributed by atoms with Gasteiger partial charge in [0, 0.05) is 0 Å². The van der Waals surface area contributed by atoms with Crippen LogP contribution in [-0.4, -0.2) is 14.3 Å². The highest BCUT2D eigenvalue weighted by molar-refractivity contribution is 7.71. The molecule has 0 fully saturated rings. The summed E-state index contributed by atoms with van der Waals surface area (Å²) >= 11 is 6.24. The molecule has 2 N–H and O–H groups in total. The predicted molar refractivity (Wildman–Crippen MR) is 39.2 cm³/mol. The van der Waals surface area contributed by atoms with E-state index in [9.17, 15) is 0 Å². The molecule has 2 rings (SSSR count). The number of aromatic nitrogens is 3. The zero-order valence-corrected chi connectivity index (χ0v) is 5.97. The number of imidazole rings is 1. The quantitative estimate of drug-likeness (QED) is 0.571. The van der Waals surface area contributed by atoms with E-state index < -0.39 is 0 Å². The van der Waals surface area contributed by atoms with Gasteiger partial charge in [-0.2, -0.15) is 4.37 Å². The van der Waals surface area contributed by atoms with Gasteiger partial charge in [-0.15, -0.1) is 0 Å². The Labute approximate surface area is 59.9 Å². The van der Waals surface area contributed by atoms with E-state index in [-0.39, 0.29) is 0 Å². The fraction of sp³-hybridized carbons (Fsp3) is 0. The molecule has 0 aromatic carbocycles. The van der Waals surface area contributed by atoms with Crippen LogP contribution in [0.3, 0.4) is 0 Å². The van der Waals surface area contributed by atoms with Crippen LogP contribution in [0.2, 0.25) is 0 Å². The minimum absolute atomic E-state index is 0.665. The molecule has 2 aromatic heterocycles. The molecule has 0 saturated carbocycles. The maximum atomic E-state index is 4.83. The summed E-state index contributed by atoms with van der Waals surface area (Å²) in [6, 6.07) is 0. The van der Waals surface area contributed by atoms with Crippen LogP contribution < -0.4 is 0 Å². The Morgan fingerprint density at radius 1 is 1.56 bits per heavy atom. The molecule has 0 aliphatic heterocycles. The zero-order valence-electron chi connectivity index (χ0n) is 4.34. The monoisotopic (exact) mass is 157 g/mol. The smallest absolute Gasteiger partial charge is 0.176 e. The number of aromatic amines is 2. The van der Waals surface area contributed by atoms with Crippen molar-refractivity contribution in [3.8, 4) is 0 Å². The first kappa shape index (κ1) is 5.13. The lowest BCUT2D eigenvalue weighted by Gasteiger charge is -1.63. The summed E-state index contributed by atoms with van der Waals surface area (Å²) in [5.74, 6) is 0. The SMILES string of the molecule is S=c1[nH]c2cnsc2[nH]1. The van der Waals surface area contributed by atoms with Gasteiger partial charge in [-0.3, -0.25) is 0 Å². The first-order chi connectivity index (χ1) is 4.36. The van der Waals surface area contributed by atoms with Gasteiger partial charge in [-0.1, -0.05) is 0 Å². The second-order valence-electron chi connectivity index (χ2n) is 1.65. The zero-order chi connectivity index (χ0) is 6.27. The molecular formula is C4H3N3S2. The minimum atomic E-state index is 0.665. The van der Waals surface area contributed by atoms with Gasteiger partial charge in [-0.05, 0) is 23.8 Å². The number of fused-ring (bicyclic) bond motifs is 1. The Hall–Kier alpha value is -0.680. The Balaban J connectivity index is 3.08. The predicted octanol–water partition coefficient (Wildman–Crippen LogP) is 1.68. The fourth-order valence-electron chi connectivity index (χ4n) is 0.675. The van der Waals surface area contributed by atoms with Gasteiger partial charge in [0.2, 0.25) is 0 Å². The maximum Gasteiger partial charge on any atom is 0.176 e. The average Bonchev–Trinajstić information content (AvgIpc) is 2.22. The molecule has 0 aliphatic carbocycles. The van der Waals surface area contributed by atoms with Crippen molar-refractivity contribution < 1.29 is 0 Å². The van der Waals surface area contributed by atoms with Gasteiger partial charge in [-0.25, -0.2) is 0 Å². The first-order valence-corrected chi connectivity index (χ1v) is 3.57. The third kappa shape index (κ3) is 0.691. The van der Waals surface area contributed by atoms with Crippen molar-refractivity contribution in [1.82, 2.24) is 14.3 Å². The molecule has 2 aromatic rings. The lowest BCUT2D eigenvalue weighted by molar-refractivity contribution is 1.29. The molecule has 0 spiro atoms. The van der Waals surface area contributed by atoms with E-state index in [0.717, 1.165) is 10.3 Å². The molecule has 0 amide bonds. The highest BCUT2D eigenvalue weighted by atomic mass is 32.1. The highest BCUT2D eigenvalue weighted by Crippen LogP contribution is 2.11. The van der Waals surface area contributed by atoms with E-state index in [1.165, 1.54) is 11.5 Å². The summed E-state index contributed by atoms with van der Waals surface area (Å²) in [4.78, 5) is 6.91. The van der Waals surface area contributed by atoms with Gasteiger partial charge in [0.05, 0.1) is 11.7 Å².